The highest BCUT2D eigenvalue weighted by Crippen LogP contribution is 2.42. The highest BCUT2D eigenvalue weighted by Gasteiger charge is 2.20. The Bertz CT molecular complexity index is 1610. The van der Waals surface area contributed by atoms with Crippen LogP contribution in [0.4, 0.5) is 5.69 Å². The first-order chi connectivity index (χ1) is 17.5. The topological polar surface area (TPSA) is 51.5 Å². The predicted molar refractivity (Wildman–Crippen MR) is 149 cm³/mol. The van der Waals surface area contributed by atoms with Crippen molar-refractivity contribution in [1.29, 1.82) is 0 Å². The minimum atomic E-state index is -0.225. The zero-order chi connectivity index (χ0) is 25.2. The van der Waals surface area contributed by atoms with Crippen LogP contribution in [-0.4, -0.2) is 12.5 Å². The largest absolute Gasteiger partial charge is 0.493 e. The Morgan fingerprint density at radius 2 is 1.75 bits per heavy atom. The van der Waals surface area contributed by atoms with Crippen molar-refractivity contribution in [2.45, 2.75) is 20.8 Å². The van der Waals surface area contributed by atoms with E-state index in [2.05, 4.69) is 41.7 Å². The zero-order valence-electron chi connectivity index (χ0n) is 20.4. The average molecular weight is 496 g/mol. The zero-order valence-corrected chi connectivity index (χ0v) is 21.1. The van der Waals surface area contributed by atoms with Gasteiger partial charge in [-0.25, -0.2) is 0 Å². The highest BCUT2D eigenvalue weighted by molar-refractivity contribution is 6.30. The molecule has 1 heterocycles. The smallest absolute Gasteiger partial charge is 0.248 e. The Hall–Kier alpha value is -4.02. The van der Waals surface area contributed by atoms with Gasteiger partial charge in [-0.3, -0.25) is 4.79 Å². The van der Waals surface area contributed by atoms with Crippen LogP contribution in [-0.2, 0) is 4.79 Å². The van der Waals surface area contributed by atoms with Gasteiger partial charge in [-0.05, 0) is 73.0 Å². The molecule has 5 heteroatoms. The van der Waals surface area contributed by atoms with Crippen LogP contribution in [0.15, 0.2) is 89.6 Å². The van der Waals surface area contributed by atoms with E-state index < -0.39 is 0 Å². The first-order valence-electron chi connectivity index (χ1n) is 11.9. The average Bonchev–Trinajstić information content (AvgIpc) is 3.30. The molecule has 5 rings (SSSR count). The van der Waals surface area contributed by atoms with Crippen LogP contribution in [0.1, 0.15) is 25.0 Å². The molecule has 0 atom stereocenters. The molecule has 4 nitrogen and oxygen atoms in total. The van der Waals surface area contributed by atoms with E-state index in [1.165, 1.54) is 5.39 Å². The van der Waals surface area contributed by atoms with Crippen LogP contribution in [0.2, 0.25) is 5.02 Å². The molecule has 0 aliphatic rings. The second kappa shape index (κ2) is 9.92. The molecule has 4 aromatic carbocycles. The molecule has 0 spiro atoms. The number of aryl methyl sites for hydroxylation is 1. The number of halogens is 1. The Labute approximate surface area is 215 Å². The fourth-order valence-corrected chi connectivity index (χ4v) is 4.72. The van der Waals surface area contributed by atoms with E-state index in [4.69, 9.17) is 20.8 Å². The van der Waals surface area contributed by atoms with Gasteiger partial charge >= 0.3 is 0 Å². The number of benzene rings is 4. The predicted octanol–water partition coefficient (Wildman–Crippen LogP) is 8.66. The summed E-state index contributed by atoms with van der Waals surface area (Å²) in [7, 11) is 0. The number of nitrogens with one attached hydrogen (secondary N) is 1. The van der Waals surface area contributed by atoms with E-state index in [1.54, 1.807) is 30.3 Å². The Morgan fingerprint density at radius 1 is 1.00 bits per heavy atom. The molecule has 0 aliphatic carbocycles. The maximum atomic E-state index is 12.8. The van der Waals surface area contributed by atoms with Crippen molar-refractivity contribution in [2.75, 3.05) is 11.9 Å². The number of carbonyl (C=O) groups is 1. The summed E-state index contributed by atoms with van der Waals surface area (Å²) >= 11 is 5.96. The molecule has 1 aromatic heterocycles. The number of allylic oxidation sites excluding steroid dienone is 1. The lowest BCUT2D eigenvalue weighted by Gasteiger charge is -2.15. The van der Waals surface area contributed by atoms with Crippen molar-refractivity contribution >= 4 is 50.5 Å². The van der Waals surface area contributed by atoms with Crippen LogP contribution in [0, 0.1) is 6.92 Å². The van der Waals surface area contributed by atoms with Gasteiger partial charge in [0.25, 0.3) is 0 Å². The van der Waals surface area contributed by atoms with Crippen LogP contribution in [0.5, 0.6) is 5.75 Å². The van der Waals surface area contributed by atoms with E-state index in [-0.39, 0.29) is 5.91 Å². The maximum Gasteiger partial charge on any atom is 0.248 e. The molecule has 36 heavy (non-hydrogen) atoms. The fraction of sp³-hybridized carbons (Fsp3) is 0.129. The normalized spacial score (nSPS) is 11.7. The maximum absolute atomic E-state index is 12.8. The molecule has 0 radical (unpaired) electrons. The second-order valence-electron chi connectivity index (χ2n) is 8.69. The van der Waals surface area contributed by atoms with Gasteiger partial charge in [-0.2, -0.15) is 0 Å². The number of hydrogen-bond donors (Lipinski definition) is 1. The van der Waals surface area contributed by atoms with E-state index in [0.717, 1.165) is 49.9 Å². The van der Waals surface area contributed by atoms with Crippen LogP contribution >= 0.6 is 11.6 Å². The third-order valence-electron chi connectivity index (χ3n) is 6.30. The van der Waals surface area contributed by atoms with E-state index in [0.29, 0.717) is 17.3 Å². The van der Waals surface area contributed by atoms with Gasteiger partial charge in [0.2, 0.25) is 5.91 Å². The molecule has 0 aliphatic heterocycles. The summed E-state index contributed by atoms with van der Waals surface area (Å²) in [4.78, 5) is 12.8. The van der Waals surface area contributed by atoms with Gasteiger partial charge in [-0.1, -0.05) is 54.1 Å². The van der Waals surface area contributed by atoms with Gasteiger partial charge in [0.15, 0.2) is 0 Å². The van der Waals surface area contributed by atoms with Crippen molar-refractivity contribution in [3.8, 4) is 16.9 Å². The molecule has 180 valence electrons. The summed E-state index contributed by atoms with van der Waals surface area (Å²) in [5.74, 6) is 0.494. The first-order valence-corrected chi connectivity index (χ1v) is 12.2. The number of ether oxygens (including phenoxy) is 1. The molecular weight excluding hydrogens is 470 g/mol. The second-order valence-corrected chi connectivity index (χ2v) is 9.12. The number of amides is 1. The quantitative estimate of drug-likeness (QED) is 0.240. The van der Waals surface area contributed by atoms with Crippen molar-refractivity contribution in [3.63, 3.8) is 0 Å². The lowest BCUT2D eigenvalue weighted by molar-refractivity contribution is -0.111. The molecule has 0 bridgehead atoms. The molecular formula is C31H26ClNO3. The van der Waals surface area contributed by atoms with E-state index >= 15 is 0 Å². The number of furan rings is 1. The highest BCUT2D eigenvalue weighted by atomic mass is 35.5. The number of rotatable bonds is 6. The summed E-state index contributed by atoms with van der Waals surface area (Å²) in [6.45, 7) is 6.36. The van der Waals surface area contributed by atoms with Gasteiger partial charge in [-0.15, -0.1) is 0 Å². The fourth-order valence-electron chi connectivity index (χ4n) is 4.59. The summed E-state index contributed by atoms with van der Waals surface area (Å²) in [6.07, 6.45) is 3.40. The van der Waals surface area contributed by atoms with Gasteiger partial charge in [0.1, 0.15) is 11.3 Å². The van der Waals surface area contributed by atoms with Gasteiger partial charge in [0.05, 0.1) is 12.9 Å². The van der Waals surface area contributed by atoms with Crippen molar-refractivity contribution < 1.29 is 13.9 Å². The van der Waals surface area contributed by atoms with Crippen molar-refractivity contribution in [1.82, 2.24) is 0 Å². The lowest BCUT2D eigenvalue weighted by Crippen LogP contribution is -2.08. The molecule has 0 saturated heterocycles. The van der Waals surface area contributed by atoms with E-state index in [9.17, 15) is 4.79 Å². The molecule has 0 saturated carbocycles. The molecule has 0 unspecified atom stereocenters. The summed E-state index contributed by atoms with van der Waals surface area (Å²) in [6, 6.07) is 23.7. The number of carbonyl (C=O) groups excluding carboxylic acids is 1. The molecule has 5 aromatic rings. The molecule has 0 fully saturated rings. The van der Waals surface area contributed by atoms with Crippen molar-refractivity contribution in [2.24, 2.45) is 0 Å². The van der Waals surface area contributed by atoms with E-state index in [1.807, 2.05) is 39.2 Å². The number of fused-ring (bicyclic) bond motifs is 2. The van der Waals surface area contributed by atoms with Crippen molar-refractivity contribution in [3.05, 3.63) is 101 Å². The Morgan fingerprint density at radius 3 is 2.53 bits per heavy atom. The monoisotopic (exact) mass is 495 g/mol. The first kappa shape index (κ1) is 23.7. The molecule has 1 N–H and O–H groups in total. The molecule has 1 amide bonds. The standard InChI is InChI=1S/C31H26ClNO3/c1-4-35-30-20(3)31-27(28(18-36-31)25-11-7-9-21-8-5-6-10-24(21)25)17-26(30)19(2)16-29(34)33-23-14-12-22(32)13-15-23/h5-18H,4H2,1-3H3,(H,33,34)/b19-16+. The van der Waals surface area contributed by atoms with Crippen LogP contribution < -0.4 is 10.1 Å². The summed E-state index contributed by atoms with van der Waals surface area (Å²) in [5, 5.41) is 6.82. The van der Waals surface area contributed by atoms with Crippen LogP contribution in [0.25, 0.3) is 38.4 Å². The lowest BCUT2D eigenvalue weighted by atomic mass is 9.94. The Balaban J connectivity index is 1.62. The summed E-state index contributed by atoms with van der Waals surface area (Å²) < 4.78 is 12.1. The third-order valence-corrected chi connectivity index (χ3v) is 6.55. The minimum Gasteiger partial charge on any atom is -0.493 e. The van der Waals surface area contributed by atoms with Gasteiger partial charge < -0.3 is 14.5 Å². The minimum absolute atomic E-state index is 0.225. The Kier molecular flexibility index (Phi) is 6.53. The number of anilines is 1. The van der Waals surface area contributed by atoms with Gasteiger partial charge in [0, 0.05) is 38.9 Å². The SMILES string of the molecule is CCOc1c(/C(C)=C/C(=O)Nc2ccc(Cl)cc2)cc2c(-c3cccc4ccccc34)coc2c1C. The number of hydrogen-bond acceptors (Lipinski definition) is 3. The summed E-state index contributed by atoms with van der Waals surface area (Å²) in [5.41, 5.74) is 6.12. The third kappa shape index (κ3) is 4.48. The van der Waals surface area contributed by atoms with Crippen LogP contribution in [0.3, 0.4) is 0 Å².